The van der Waals surface area contributed by atoms with E-state index in [4.69, 9.17) is 4.74 Å². The number of nitrogens with one attached hydrogen (secondary N) is 1. The number of thioether (sulfide) groups is 1. The molecule has 0 spiro atoms. The smallest absolute Gasteiger partial charge is 0.263 e. The molecule has 1 saturated heterocycles. The fourth-order valence-corrected chi connectivity index (χ4v) is 7.32. The fourth-order valence-electron chi connectivity index (χ4n) is 4.21. The summed E-state index contributed by atoms with van der Waals surface area (Å²) < 4.78 is 33.2. The highest BCUT2D eigenvalue weighted by molar-refractivity contribution is 8.00. The number of nitrogens with zero attached hydrogens (tertiary/aromatic N) is 2. The van der Waals surface area contributed by atoms with Gasteiger partial charge < -0.3 is 4.74 Å². The van der Waals surface area contributed by atoms with Crippen LogP contribution in [-0.2, 0) is 21.4 Å². The van der Waals surface area contributed by atoms with Gasteiger partial charge in [0.2, 0.25) is 10.0 Å². The highest BCUT2D eigenvalue weighted by Crippen LogP contribution is 2.38. The van der Waals surface area contributed by atoms with Crippen molar-refractivity contribution in [2.24, 2.45) is 0 Å². The summed E-state index contributed by atoms with van der Waals surface area (Å²) in [7, 11) is -3.97. The summed E-state index contributed by atoms with van der Waals surface area (Å²) in [6, 6.07) is 13.0. The number of para-hydroxylation sites is 1. The Morgan fingerprint density at radius 3 is 2.65 bits per heavy atom. The zero-order chi connectivity index (χ0) is 24.5. The van der Waals surface area contributed by atoms with Crippen molar-refractivity contribution in [3.8, 4) is 5.75 Å². The second-order valence-corrected chi connectivity index (χ2v) is 12.3. The van der Waals surface area contributed by atoms with Crippen LogP contribution in [-0.4, -0.2) is 51.9 Å². The minimum Gasteiger partial charge on any atom is -0.489 e. The molecular weight excluding hydrogens is 474 g/mol. The number of hydrogen-bond donors (Lipinski definition) is 2. The third kappa shape index (κ3) is 4.63. The molecule has 0 bridgehead atoms. The molecule has 1 aromatic heterocycles. The summed E-state index contributed by atoms with van der Waals surface area (Å²) in [6.07, 6.45) is 1.81. The Hall–Kier alpha value is -2.66. The van der Waals surface area contributed by atoms with Gasteiger partial charge in [0.15, 0.2) is 0 Å². The molecule has 2 N–H and O–H groups in total. The molecule has 8 nitrogen and oxygen atoms in total. The third-order valence-electron chi connectivity index (χ3n) is 6.01. The number of carbonyl (C=O) groups excluding carboxylic acids is 1. The van der Waals surface area contributed by atoms with Crippen molar-refractivity contribution >= 4 is 38.6 Å². The Morgan fingerprint density at radius 1 is 1.24 bits per heavy atom. The lowest BCUT2D eigenvalue weighted by Crippen LogP contribution is -2.61. The first-order valence-corrected chi connectivity index (χ1v) is 13.2. The molecule has 34 heavy (non-hydrogen) atoms. The van der Waals surface area contributed by atoms with Gasteiger partial charge in [-0.25, -0.2) is 13.9 Å². The molecule has 180 valence electrons. The predicted molar refractivity (Wildman–Crippen MR) is 131 cm³/mol. The second-order valence-electron chi connectivity index (χ2n) is 8.64. The van der Waals surface area contributed by atoms with E-state index in [9.17, 15) is 18.4 Å². The lowest BCUT2D eigenvalue weighted by Gasteiger charge is -2.43. The number of benzene rings is 2. The van der Waals surface area contributed by atoms with Crippen molar-refractivity contribution < 1.29 is 23.2 Å². The Balaban J connectivity index is 1.55. The summed E-state index contributed by atoms with van der Waals surface area (Å²) in [5, 5.41) is 10.2. The Morgan fingerprint density at radius 2 is 1.94 bits per heavy atom. The minimum absolute atomic E-state index is 0.0591. The molecule has 1 amide bonds. The zero-order valence-corrected chi connectivity index (χ0v) is 20.8. The molecule has 0 aliphatic carbocycles. The van der Waals surface area contributed by atoms with Gasteiger partial charge in [-0.15, -0.1) is 0 Å². The second kappa shape index (κ2) is 9.53. The van der Waals surface area contributed by atoms with Crippen LogP contribution in [0.3, 0.4) is 0 Å². The van der Waals surface area contributed by atoms with E-state index in [-0.39, 0.29) is 11.4 Å². The number of rotatable bonds is 6. The summed E-state index contributed by atoms with van der Waals surface area (Å²) in [5.41, 5.74) is 4.54. The fraction of sp³-hybridized carbons (Fsp3) is 0.333. The maximum absolute atomic E-state index is 13.4. The first kappa shape index (κ1) is 24.5. The maximum Gasteiger partial charge on any atom is 0.263 e. The minimum atomic E-state index is -3.97. The van der Waals surface area contributed by atoms with Gasteiger partial charge in [0.1, 0.15) is 18.4 Å². The third-order valence-corrected chi connectivity index (χ3v) is 9.24. The lowest BCUT2D eigenvalue weighted by molar-refractivity contribution is -0.134. The quantitative estimate of drug-likeness (QED) is 0.393. The van der Waals surface area contributed by atoms with Gasteiger partial charge in [-0.1, -0.05) is 18.2 Å². The van der Waals surface area contributed by atoms with Crippen molar-refractivity contribution in [3.63, 3.8) is 0 Å². The van der Waals surface area contributed by atoms with E-state index in [2.05, 4.69) is 4.98 Å². The molecule has 2 aromatic carbocycles. The highest BCUT2D eigenvalue weighted by atomic mass is 32.2. The number of fused-ring (bicyclic) bond motifs is 1. The van der Waals surface area contributed by atoms with Crippen LogP contribution >= 0.6 is 11.8 Å². The van der Waals surface area contributed by atoms with Crippen molar-refractivity contribution in [1.82, 2.24) is 14.8 Å². The van der Waals surface area contributed by atoms with Gasteiger partial charge in [0.05, 0.1) is 10.4 Å². The van der Waals surface area contributed by atoms with E-state index in [1.807, 2.05) is 37.4 Å². The van der Waals surface area contributed by atoms with Crippen LogP contribution in [0.1, 0.15) is 25.0 Å². The molecule has 1 fully saturated rings. The monoisotopic (exact) mass is 501 g/mol. The van der Waals surface area contributed by atoms with Crippen molar-refractivity contribution in [1.29, 1.82) is 0 Å². The van der Waals surface area contributed by atoms with Crippen LogP contribution in [0.4, 0.5) is 0 Å². The number of ether oxygens (including phenoxy) is 1. The first-order chi connectivity index (χ1) is 16.1. The molecule has 10 heteroatoms. The molecule has 1 aliphatic heterocycles. The number of pyridine rings is 1. The van der Waals surface area contributed by atoms with Crippen molar-refractivity contribution in [2.45, 2.75) is 43.1 Å². The van der Waals surface area contributed by atoms with Crippen LogP contribution in [0.2, 0.25) is 0 Å². The molecule has 0 radical (unpaired) electrons. The molecule has 1 atom stereocenters. The summed E-state index contributed by atoms with van der Waals surface area (Å²) >= 11 is 1.49. The van der Waals surface area contributed by atoms with E-state index in [1.54, 1.807) is 31.5 Å². The SMILES string of the molecule is Cc1cnc2ccccc2c1COc1ccc(S(=O)(=O)N2CCSC(C)(C)[C@@H]2C(=O)NO)cc1. The van der Waals surface area contributed by atoms with Crippen molar-refractivity contribution in [2.75, 3.05) is 12.3 Å². The lowest BCUT2D eigenvalue weighted by atomic mass is 10.0. The van der Waals surface area contributed by atoms with Gasteiger partial charge >= 0.3 is 0 Å². The summed E-state index contributed by atoms with van der Waals surface area (Å²) in [6.45, 7) is 6.05. The number of carbonyl (C=O) groups is 1. The molecule has 1 aliphatic rings. The Kier molecular flexibility index (Phi) is 6.86. The molecule has 2 heterocycles. The standard InChI is InChI=1S/C24H27N3O5S2/c1-16-14-25-21-7-5-4-6-19(21)20(16)15-32-17-8-10-18(11-9-17)34(30,31)27-12-13-33-24(2,3)22(27)23(28)26-29/h4-11,14,22,29H,12-13,15H2,1-3H3,(H,26,28)/t22-/m0/s1. The number of hydrogen-bond acceptors (Lipinski definition) is 7. The van der Waals surface area contributed by atoms with Crippen LogP contribution in [0.25, 0.3) is 10.9 Å². The topological polar surface area (TPSA) is 109 Å². The van der Waals surface area contributed by atoms with Gasteiger partial charge in [0, 0.05) is 34.2 Å². The number of aromatic nitrogens is 1. The van der Waals surface area contributed by atoms with E-state index in [0.717, 1.165) is 26.3 Å². The van der Waals surface area contributed by atoms with Gasteiger partial charge in [0.25, 0.3) is 5.91 Å². The predicted octanol–water partition coefficient (Wildman–Crippen LogP) is 3.51. The number of hydroxylamine groups is 1. The number of aryl methyl sites for hydroxylation is 1. The Labute approximate surface area is 203 Å². The average Bonchev–Trinajstić information content (AvgIpc) is 2.82. The average molecular weight is 502 g/mol. The van der Waals surface area contributed by atoms with E-state index >= 15 is 0 Å². The van der Waals surface area contributed by atoms with Crippen LogP contribution in [0.5, 0.6) is 5.75 Å². The highest BCUT2D eigenvalue weighted by Gasteiger charge is 2.48. The molecule has 4 rings (SSSR count). The van der Waals surface area contributed by atoms with Crippen molar-refractivity contribution in [3.05, 3.63) is 65.9 Å². The first-order valence-electron chi connectivity index (χ1n) is 10.8. The van der Waals surface area contributed by atoms with Crippen LogP contribution < -0.4 is 10.2 Å². The van der Waals surface area contributed by atoms with E-state index < -0.39 is 26.7 Å². The number of sulfonamides is 1. The van der Waals surface area contributed by atoms with E-state index in [1.165, 1.54) is 23.9 Å². The largest absolute Gasteiger partial charge is 0.489 e. The molecule has 0 unspecified atom stereocenters. The zero-order valence-electron chi connectivity index (χ0n) is 19.2. The Bertz CT molecular complexity index is 1310. The van der Waals surface area contributed by atoms with E-state index in [0.29, 0.717) is 18.1 Å². The van der Waals surface area contributed by atoms with Gasteiger partial charge in [-0.3, -0.25) is 15.0 Å². The normalized spacial score (nSPS) is 18.5. The number of amides is 1. The summed E-state index contributed by atoms with van der Waals surface area (Å²) in [5.74, 6) is 0.320. The summed E-state index contributed by atoms with van der Waals surface area (Å²) in [4.78, 5) is 16.9. The van der Waals surface area contributed by atoms with Gasteiger partial charge in [-0.2, -0.15) is 16.1 Å². The molecule has 0 saturated carbocycles. The maximum atomic E-state index is 13.4. The van der Waals surface area contributed by atoms with Gasteiger partial charge in [-0.05, 0) is 56.7 Å². The molecular formula is C24H27N3O5S2. The molecule has 3 aromatic rings. The van der Waals surface area contributed by atoms with Crippen LogP contribution in [0, 0.1) is 6.92 Å². The van der Waals surface area contributed by atoms with Crippen LogP contribution in [0.15, 0.2) is 59.6 Å².